The highest BCUT2D eigenvalue weighted by molar-refractivity contribution is 5.25. The van der Waals surface area contributed by atoms with E-state index >= 15 is 0 Å². The summed E-state index contributed by atoms with van der Waals surface area (Å²) in [4.78, 5) is 3.75. The topological polar surface area (TPSA) is 71.2 Å². The summed E-state index contributed by atoms with van der Waals surface area (Å²) < 4.78 is 15.1. The zero-order valence-electron chi connectivity index (χ0n) is 9.86. The molecule has 0 amide bonds. The van der Waals surface area contributed by atoms with E-state index in [1.54, 1.807) is 6.07 Å². The number of rotatable bonds is 4. The Morgan fingerprint density at radius 3 is 2.72 bits per heavy atom. The molecule has 0 radical (unpaired) electrons. The van der Waals surface area contributed by atoms with Crippen molar-refractivity contribution < 1.29 is 14.6 Å². The van der Waals surface area contributed by atoms with Crippen LogP contribution in [0.15, 0.2) is 36.9 Å². The lowest BCUT2D eigenvalue weighted by Gasteiger charge is -2.31. The second-order valence-electron chi connectivity index (χ2n) is 4.17. The predicted octanol–water partition coefficient (Wildman–Crippen LogP) is 0.686. The molecular weight excluding hydrogens is 237 g/mol. The fourth-order valence-corrected chi connectivity index (χ4v) is 1.82. The number of hydrogen-bond donors (Lipinski definition) is 2. The maximum absolute atomic E-state index is 13.8. The summed E-state index contributed by atoms with van der Waals surface area (Å²) in [5, 5.41) is 24.2. The van der Waals surface area contributed by atoms with Crippen molar-refractivity contribution in [1.82, 2.24) is 14.8 Å². The van der Waals surface area contributed by atoms with Crippen LogP contribution < -0.4 is 0 Å². The molecule has 0 fully saturated rings. The molecule has 2 rings (SSSR count). The van der Waals surface area contributed by atoms with E-state index in [0.29, 0.717) is 0 Å². The first-order valence-electron chi connectivity index (χ1n) is 5.52. The van der Waals surface area contributed by atoms with E-state index in [-0.39, 0.29) is 12.1 Å². The minimum atomic E-state index is -1.75. The average Bonchev–Trinajstić information content (AvgIpc) is 2.81. The molecule has 1 aromatic heterocycles. The van der Waals surface area contributed by atoms with Gasteiger partial charge in [-0.05, 0) is 13.0 Å². The van der Waals surface area contributed by atoms with Crippen LogP contribution in [0.2, 0.25) is 0 Å². The maximum Gasteiger partial charge on any atom is 0.137 e. The van der Waals surface area contributed by atoms with Crippen LogP contribution in [0.1, 0.15) is 12.5 Å². The molecule has 2 atom stereocenters. The van der Waals surface area contributed by atoms with Crippen LogP contribution in [0, 0.1) is 5.82 Å². The largest absolute Gasteiger partial charge is 0.390 e. The Hall–Kier alpha value is -1.79. The first kappa shape index (κ1) is 12.7. The third kappa shape index (κ3) is 2.25. The minimum Gasteiger partial charge on any atom is -0.390 e. The van der Waals surface area contributed by atoms with Crippen molar-refractivity contribution in [2.24, 2.45) is 0 Å². The zero-order valence-corrected chi connectivity index (χ0v) is 9.86. The third-order valence-corrected chi connectivity index (χ3v) is 2.90. The average molecular weight is 251 g/mol. The smallest absolute Gasteiger partial charge is 0.137 e. The van der Waals surface area contributed by atoms with Gasteiger partial charge in [-0.25, -0.2) is 14.1 Å². The lowest BCUT2D eigenvalue weighted by atomic mass is 9.88. The highest BCUT2D eigenvalue weighted by Gasteiger charge is 2.37. The number of halogens is 1. The summed E-state index contributed by atoms with van der Waals surface area (Å²) in [7, 11) is 0. The monoisotopic (exact) mass is 251 g/mol. The molecule has 0 bridgehead atoms. The van der Waals surface area contributed by atoms with Crippen LogP contribution in [0.5, 0.6) is 0 Å². The van der Waals surface area contributed by atoms with Crippen LogP contribution in [0.25, 0.3) is 0 Å². The molecule has 0 spiro atoms. The number of hydrogen-bond acceptors (Lipinski definition) is 4. The number of nitrogens with zero attached hydrogens (tertiary/aromatic N) is 3. The molecule has 0 saturated heterocycles. The summed E-state index contributed by atoms with van der Waals surface area (Å²) in [5.74, 6) is -0.569. The highest BCUT2D eigenvalue weighted by Crippen LogP contribution is 2.29. The van der Waals surface area contributed by atoms with Gasteiger partial charge in [-0.1, -0.05) is 18.2 Å². The Morgan fingerprint density at radius 1 is 1.44 bits per heavy atom. The summed E-state index contributed by atoms with van der Waals surface area (Å²) in [6.45, 7) is 1.33. The van der Waals surface area contributed by atoms with Gasteiger partial charge in [-0.2, -0.15) is 5.10 Å². The van der Waals surface area contributed by atoms with Crippen molar-refractivity contribution in [2.45, 2.75) is 25.2 Å². The van der Waals surface area contributed by atoms with Gasteiger partial charge in [-0.15, -0.1) is 0 Å². The highest BCUT2D eigenvalue weighted by atomic mass is 19.1. The Kier molecular flexibility index (Phi) is 3.40. The van der Waals surface area contributed by atoms with Crippen LogP contribution in [-0.2, 0) is 12.1 Å². The quantitative estimate of drug-likeness (QED) is 0.838. The number of aliphatic hydroxyl groups excluding tert-OH is 1. The lowest BCUT2D eigenvalue weighted by Crippen LogP contribution is -2.42. The summed E-state index contributed by atoms with van der Waals surface area (Å²) in [5.41, 5.74) is -1.71. The van der Waals surface area contributed by atoms with Gasteiger partial charge < -0.3 is 10.2 Å². The first-order valence-corrected chi connectivity index (χ1v) is 5.52. The second-order valence-corrected chi connectivity index (χ2v) is 4.17. The molecule has 0 aliphatic rings. The molecule has 0 unspecified atom stereocenters. The van der Waals surface area contributed by atoms with Crippen LogP contribution in [0.3, 0.4) is 0 Å². The van der Waals surface area contributed by atoms with Crippen LogP contribution >= 0.6 is 0 Å². The van der Waals surface area contributed by atoms with Gasteiger partial charge in [0.2, 0.25) is 0 Å². The van der Waals surface area contributed by atoms with E-state index in [4.69, 9.17) is 0 Å². The lowest BCUT2D eigenvalue weighted by molar-refractivity contribution is -0.0873. The number of benzene rings is 1. The predicted molar refractivity (Wildman–Crippen MR) is 62.0 cm³/mol. The van der Waals surface area contributed by atoms with Gasteiger partial charge >= 0.3 is 0 Å². The van der Waals surface area contributed by atoms with Crippen molar-refractivity contribution >= 4 is 0 Å². The van der Waals surface area contributed by atoms with E-state index < -0.39 is 17.5 Å². The van der Waals surface area contributed by atoms with Crippen molar-refractivity contribution in [3.05, 3.63) is 48.3 Å². The Bertz CT molecular complexity index is 516. The van der Waals surface area contributed by atoms with Crippen LogP contribution in [0.4, 0.5) is 4.39 Å². The fraction of sp³-hybridized carbons (Fsp3) is 0.333. The maximum atomic E-state index is 13.8. The Balaban J connectivity index is 2.41. The molecule has 0 saturated carbocycles. The van der Waals surface area contributed by atoms with E-state index in [0.717, 1.165) is 0 Å². The Labute approximate surface area is 104 Å². The molecule has 1 heterocycles. The molecule has 1 aromatic carbocycles. The summed E-state index contributed by atoms with van der Waals surface area (Å²) in [6.07, 6.45) is 1.55. The van der Waals surface area contributed by atoms with Crippen LogP contribution in [-0.4, -0.2) is 31.1 Å². The molecular formula is C12H14FN3O2. The summed E-state index contributed by atoms with van der Waals surface area (Å²) >= 11 is 0. The van der Waals surface area contributed by atoms with Gasteiger partial charge in [0.05, 0.1) is 12.6 Å². The van der Waals surface area contributed by atoms with E-state index in [1.165, 1.54) is 42.5 Å². The first-order chi connectivity index (χ1) is 8.54. The molecule has 5 nitrogen and oxygen atoms in total. The van der Waals surface area contributed by atoms with E-state index in [1.807, 2.05) is 0 Å². The third-order valence-electron chi connectivity index (χ3n) is 2.90. The van der Waals surface area contributed by atoms with Gasteiger partial charge in [0.25, 0.3) is 0 Å². The normalized spacial score (nSPS) is 16.2. The number of aliphatic hydroxyl groups is 2. The molecule has 2 aromatic rings. The molecule has 2 N–H and O–H groups in total. The van der Waals surface area contributed by atoms with Crippen molar-refractivity contribution in [2.75, 3.05) is 0 Å². The van der Waals surface area contributed by atoms with Gasteiger partial charge in [0.1, 0.15) is 24.1 Å². The van der Waals surface area contributed by atoms with E-state index in [2.05, 4.69) is 10.1 Å². The van der Waals surface area contributed by atoms with Crippen molar-refractivity contribution in [1.29, 1.82) is 0 Å². The van der Waals surface area contributed by atoms with Gasteiger partial charge in [-0.3, -0.25) is 0 Å². The Morgan fingerprint density at radius 2 is 2.17 bits per heavy atom. The molecule has 18 heavy (non-hydrogen) atoms. The van der Waals surface area contributed by atoms with Gasteiger partial charge in [0, 0.05) is 5.56 Å². The molecule has 96 valence electrons. The SMILES string of the molecule is C[C@H](O)[C@@](O)(Cn1cncn1)c1ccccc1F. The molecule has 0 aliphatic heterocycles. The molecule has 0 aliphatic carbocycles. The second kappa shape index (κ2) is 4.83. The fourth-order valence-electron chi connectivity index (χ4n) is 1.82. The van der Waals surface area contributed by atoms with E-state index in [9.17, 15) is 14.6 Å². The minimum absolute atomic E-state index is 0.0375. The summed E-state index contributed by atoms with van der Waals surface area (Å²) in [6, 6.07) is 5.81. The van der Waals surface area contributed by atoms with Crippen molar-refractivity contribution in [3.8, 4) is 0 Å². The standard InChI is InChI=1S/C12H14FN3O2/c1-9(17)12(18,6-16-8-14-7-15-16)10-4-2-3-5-11(10)13/h2-5,7-9,17-18H,6H2,1H3/t9-,12-/m0/s1. The molecule has 6 heteroatoms. The van der Waals surface area contributed by atoms with Gasteiger partial charge in [0.15, 0.2) is 0 Å². The zero-order chi connectivity index (χ0) is 13.2. The van der Waals surface area contributed by atoms with Crippen molar-refractivity contribution in [3.63, 3.8) is 0 Å². The number of aromatic nitrogens is 3.